The average Bonchev–Trinajstić information content (AvgIpc) is 3.07. The summed E-state index contributed by atoms with van der Waals surface area (Å²) in [5.74, 6) is 0.862. The maximum atomic E-state index is 12.5. The van der Waals surface area contributed by atoms with Gasteiger partial charge in [-0.05, 0) is 82.8 Å². The fraction of sp³-hybridized carbons (Fsp3) is 0.588. The second-order valence-corrected chi connectivity index (χ2v) is 8.19. The Hall–Kier alpha value is -0.590. The standard InChI is InChI=1S/C17H22Br2N2O2/c18-14-9-13(16(22)10-15(14)19)11-20-7-3-12(4-8-20)17(23)21-5-1-2-6-21/h9-10,12,22H,1-8,11H2. The van der Waals surface area contributed by atoms with Crippen LogP contribution in [0.2, 0.25) is 0 Å². The minimum Gasteiger partial charge on any atom is -0.508 e. The molecule has 0 bridgehead atoms. The third-order valence-corrected chi connectivity index (χ3v) is 6.71. The smallest absolute Gasteiger partial charge is 0.225 e. The number of phenols is 1. The molecule has 1 aromatic carbocycles. The summed E-state index contributed by atoms with van der Waals surface area (Å²) in [7, 11) is 0. The molecule has 0 atom stereocenters. The predicted molar refractivity (Wildman–Crippen MR) is 97.3 cm³/mol. The molecule has 3 rings (SSSR count). The maximum absolute atomic E-state index is 12.5. The molecule has 2 heterocycles. The molecule has 0 aromatic heterocycles. The van der Waals surface area contributed by atoms with Crippen molar-refractivity contribution in [3.8, 4) is 5.75 Å². The van der Waals surface area contributed by atoms with E-state index in [1.807, 2.05) is 11.0 Å². The summed E-state index contributed by atoms with van der Waals surface area (Å²) in [5.41, 5.74) is 0.921. The molecule has 2 fully saturated rings. The Morgan fingerprint density at radius 1 is 1.09 bits per heavy atom. The summed E-state index contributed by atoms with van der Waals surface area (Å²) in [6, 6.07) is 3.68. The van der Waals surface area contributed by atoms with Crippen molar-refractivity contribution in [2.24, 2.45) is 5.92 Å². The van der Waals surface area contributed by atoms with Gasteiger partial charge in [-0.1, -0.05) is 0 Å². The SMILES string of the molecule is O=C(C1CCN(Cc2cc(Br)c(Br)cc2O)CC1)N1CCCC1. The number of phenolic OH excluding ortho intramolecular Hbond substituents is 1. The highest BCUT2D eigenvalue weighted by atomic mass is 79.9. The van der Waals surface area contributed by atoms with Crippen molar-refractivity contribution in [2.75, 3.05) is 26.2 Å². The number of hydrogen-bond donors (Lipinski definition) is 1. The molecule has 0 spiro atoms. The number of amides is 1. The van der Waals surface area contributed by atoms with Gasteiger partial charge in [-0.15, -0.1) is 0 Å². The number of hydrogen-bond acceptors (Lipinski definition) is 3. The van der Waals surface area contributed by atoms with E-state index in [-0.39, 0.29) is 5.92 Å². The van der Waals surface area contributed by atoms with Crippen LogP contribution in [0.1, 0.15) is 31.2 Å². The van der Waals surface area contributed by atoms with Gasteiger partial charge in [0.2, 0.25) is 5.91 Å². The Morgan fingerprint density at radius 3 is 2.35 bits per heavy atom. The van der Waals surface area contributed by atoms with Crippen LogP contribution in [0, 0.1) is 5.92 Å². The summed E-state index contributed by atoms with van der Waals surface area (Å²) in [4.78, 5) is 16.8. The predicted octanol–water partition coefficient (Wildman–Crippen LogP) is 3.75. The largest absolute Gasteiger partial charge is 0.508 e. The molecule has 0 saturated carbocycles. The van der Waals surface area contributed by atoms with Gasteiger partial charge >= 0.3 is 0 Å². The lowest BCUT2D eigenvalue weighted by atomic mass is 9.95. The van der Waals surface area contributed by atoms with E-state index in [9.17, 15) is 9.90 Å². The van der Waals surface area contributed by atoms with Crippen molar-refractivity contribution in [3.05, 3.63) is 26.6 Å². The molecule has 0 aliphatic carbocycles. The maximum Gasteiger partial charge on any atom is 0.225 e. The van der Waals surface area contributed by atoms with E-state index in [2.05, 4.69) is 36.8 Å². The summed E-state index contributed by atoms with van der Waals surface area (Å²) >= 11 is 6.88. The molecule has 1 amide bonds. The van der Waals surface area contributed by atoms with Crippen molar-refractivity contribution in [1.29, 1.82) is 0 Å². The monoisotopic (exact) mass is 444 g/mol. The minimum absolute atomic E-state index is 0.189. The Morgan fingerprint density at radius 2 is 1.70 bits per heavy atom. The lowest BCUT2D eigenvalue weighted by Crippen LogP contribution is -2.41. The summed E-state index contributed by atoms with van der Waals surface area (Å²) < 4.78 is 1.80. The quantitative estimate of drug-likeness (QED) is 0.770. The molecule has 126 valence electrons. The molecular weight excluding hydrogens is 424 g/mol. The zero-order valence-electron chi connectivity index (χ0n) is 13.1. The van der Waals surface area contributed by atoms with Crippen LogP contribution in [-0.2, 0) is 11.3 Å². The molecule has 23 heavy (non-hydrogen) atoms. The Kier molecular flexibility index (Phi) is 5.65. The first kappa shape index (κ1) is 17.2. The molecule has 4 nitrogen and oxygen atoms in total. The van der Waals surface area contributed by atoms with Crippen molar-refractivity contribution in [2.45, 2.75) is 32.2 Å². The number of aromatic hydroxyl groups is 1. The van der Waals surface area contributed by atoms with E-state index in [1.165, 1.54) is 0 Å². The molecule has 2 saturated heterocycles. The first-order valence-corrected chi connectivity index (χ1v) is 9.81. The third-order valence-electron chi connectivity index (χ3n) is 4.87. The van der Waals surface area contributed by atoms with E-state index >= 15 is 0 Å². The van der Waals surface area contributed by atoms with Gasteiger partial charge in [-0.2, -0.15) is 0 Å². The summed E-state index contributed by atoms with van der Waals surface area (Å²) in [6.07, 6.45) is 4.16. The lowest BCUT2D eigenvalue weighted by molar-refractivity contribution is -0.136. The number of benzene rings is 1. The first-order valence-electron chi connectivity index (χ1n) is 8.22. The molecule has 1 N–H and O–H groups in total. The fourth-order valence-electron chi connectivity index (χ4n) is 3.48. The van der Waals surface area contributed by atoms with E-state index in [0.29, 0.717) is 11.7 Å². The highest BCUT2D eigenvalue weighted by Crippen LogP contribution is 2.32. The van der Waals surface area contributed by atoms with Gasteiger partial charge in [-0.25, -0.2) is 0 Å². The van der Waals surface area contributed by atoms with Gasteiger partial charge in [0, 0.05) is 40.1 Å². The van der Waals surface area contributed by atoms with Crippen LogP contribution in [0.3, 0.4) is 0 Å². The number of rotatable bonds is 3. The molecule has 6 heteroatoms. The Labute approximate surface area is 154 Å². The van der Waals surface area contributed by atoms with Crippen LogP contribution < -0.4 is 0 Å². The van der Waals surface area contributed by atoms with E-state index in [0.717, 1.165) is 72.9 Å². The molecule has 0 unspecified atom stereocenters. The molecule has 2 aliphatic rings. The van der Waals surface area contributed by atoms with Crippen molar-refractivity contribution in [1.82, 2.24) is 9.80 Å². The van der Waals surface area contributed by atoms with Crippen LogP contribution in [-0.4, -0.2) is 47.0 Å². The summed E-state index contributed by atoms with van der Waals surface area (Å²) in [6.45, 7) is 4.44. The second kappa shape index (κ2) is 7.53. The van der Waals surface area contributed by atoms with Crippen molar-refractivity contribution in [3.63, 3.8) is 0 Å². The third kappa shape index (κ3) is 4.09. The normalized spacial score (nSPS) is 20.2. The van der Waals surface area contributed by atoms with Gasteiger partial charge in [0.1, 0.15) is 5.75 Å². The highest BCUT2D eigenvalue weighted by Gasteiger charge is 2.29. The lowest BCUT2D eigenvalue weighted by Gasteiger charge is -2.33. The van der Waals surface area contributed by atoms with E-state index in [1.54, 1.807) is 6.07 Å². The number of nitrogens with zero attached hydrogens (tertiary/aromatic N) is 2. The second-order valence-electron chi connectivity index (χ2n) is 6.48. The van der Waals surface area contributed by atoms with Crippen LogP contribution in [0.4, 0.5) is 0 Å². The molecular formula is C17H22Br2N2O2. The van der Waals surface area contributed by atoms with Gasteiger partial charge in [0.05, 0.1) is 0 Å². The topological polar surface area (TPSA) is 43.8 Å². The van der Waals surface area contributed by atoms with Gasteiger partial charge in [-0.3, -0.25) is 9.69 Å². The van der Waals surface area contributed by atoms with Gasteiger partial charge in [0.25, 0.3) is 0 Å². The zero-order chi connectivity index (χ0) is 16.4. The number of likely N-dealkylation sites (tertiary alicyclic amines) is 2. The van der Waals surface area contributed by atoms with Crippen molar-refractivity contribution < 1.29 is 9.90 Å². The summed E-state index contributed by atoms with van der Waals surface area (Å²) in [5, 5.41) is 10.1. The zero-order valence-corrected chi connectivity index (χ0v) is 16.3. The molecule has 2 aliphatic heterocycles. The number of carbonyl (C=O) groups is 1. The van der Waals surface area contributed by atoms with E-state index < -0.39 is 0 Å². The van der Waals surface area contributed by atoms with Crippen LogP contribution in [0.5, 0.6) is 5.75 Å². The fourth-order valence-corrected chi connectivity index (χ4v) is 4.20. The minimum atomic E-state index is 0.189. The van der Waals surface area contributed by atoms with Crippen LogP contribution >= 0.6 is 31.9 Å². The molecule has 0 radical (unpaired) electrons. The Bertz CT molecular complexity index is 580. The van der Waals surface area contributed by atoms with Crippen LogP contribution in [0.15, 0.2) is 21.1 Å². The molecule has 1 aromatic rings. The average molecular weight is 446 g/mol. The van der Waals surface area contributed by atoms with Crippen molar-refractivity contribution >= 4 is 37.8 Å². The number of piperidine rings is 1. The van der Waals surface area contributed by atoms with Crippen LogP contribution in [0.25, 0.3) is 0 Å². The number of carbonyl (C=O) groups excluding carboxylic acids is 1. The van der Waals surface area contributed by atoms with E-state index in [4.69, 9.17) is 0 Å². The van der Waals surface area contributed by atoms with Gasteiger partial charge in [0.15, 0.2) is 0 Å². The first-order chi connectivity index (χ1) is 11.0. The van der Waals surface area contributed by atoms with Gasteiger partial charge < -0.3 is 10.0 Å². The number of halogens is 2. The Balaban J connectivity index is 1.55. The highest BCUT2D eigenvalue weighted by molar-refractivity contribution is 9.13.